The van der Waals surface area contributed by atoms with Crippen LogP contribution in [0.3, 0.4) is 0 Å². The van der Waals surface area contributed by atoms with Gasteiger partial charge in [0.2, 0.25) is 0 Å². The van der Waals surface area contributed by atoms with Crippen LogP contribution in [0.1, 0.15) is 50.5 Å². The van der Waals surface area contributed by atoms with Crippen molar-refractivity contribution in [1.29, 1.82) is 0 Å². The Balaban J connectivity index is 1.28. The quantitative estimate of drug-likeness (QED) is 0.514. The van der Waals surface area contributed by atoms with Crippen LogP contribution in [0.25, 0.3) is 0 Å². The molecule has 5 nitrogen and oxygen atoms in total. The molecule has 1 aliphatic heterocycles. The Morgan fingerprint density at radius 1 is 1.00 bits per heavy atom. The number of ether oxygens (including phenoxy) is 1. The first-order valence-electron chi connectivity index (χ1n) is 12.2. The molecule has 2 fully saturated rings. The number of rotatable bonds is 8. The summed E-state index contributed by atoms with van der Waals surface area (Å²) in [5.74, 6) is 1.58. The summed E-state index contributed by atoms with van der Waals surface area (Å²) in [5, 5.41) is 0. The maximum Gasteiger partial charge on any atom is 0.416 e. The minimum Gasteiger partial charge on any atom is -0.410 e. The number of amides is 1. The highest BCUT2D eigenvalue weighted by atomic mass is 19.4. The van der Waals surface area contributed by atoms with Gasteiger partial charge in [-0.3, -0.25) is 0 Å². The van der Waals surface area contributed by atoms with Crippen LogP contribution in [0.15, 0.2) is 24.3 Å². The van der Waals surface area contributed by atoms with E-state index in [9.17, 15) is 18.0 Å². The second kappa shape index (κ2) is 12.1. The van der Waals surface area contributed by atoms with Gasteiger partial charge in [0.1, 0.15) is 5.75 Å². The van der Waals surface area contributed by atoms with Gasteiger partial charge in [-0.25, -0.2) is 4.79 Å². The van der Waals surface area contributed by atoms with Crippen LogP contribution in [0.4, 0.5) is 18.0 Å². The molecule has 0 bridgehead atoms. The van der Waals surface area contributed by atoms with E-state index in [2.05, 4.69) is 16.8 Å². The van der Waals surface area contributed by atoms with Gasteiger partial charge in [0.05, 0.1) is 5.56 Å². The van der Waals surface area contributed by atoms with Crippen molar-refractivity contribution in [3.05, 3.63) is 29.8 Å². The third-order valence-electron chi connectivity index (χ3n) is 7.22. The van der Waals surface area contributed by atoms with Crippen molar-refractivity contribution in [1.82, 2.24) is 14.7 Å². The van der Waals surface area contributed by atoms with Crippen LogP contribution >= 0.6 is 0 Å². The van der Waals surface area contributed by atoms with E-state index in [1.165, 1.54) is 88.3 Å². The maximum absolute atomic E-state index is 12.6. The number of carbonyl (C=O) groups excluding carboxylic acids is 1. The lowest BCUT2D eigenvalue weighted by Crippen LogP contribution is -2.44. The summed E-state index contributed by atoms with van der Waals surface area (Å²) in [6.45, 7) is 6.56. The molecule has 1 heterocycles. The second-order valence-electron chi connectivity index (χ2n) is 9.77. The van der Waals surface area contributed by atoms with Crippen LogP contribution < -0.4 is 4.74 Å². The van der Waals surface area contributed by atoms with Crippen molar-refractivity contribution in [3.63, 3.8) is 0 Å². The normalized spacial score (nSPS) is 22.8. The number of halogens is 3. The topological polar surface area (TPSA) is 36.0 Å². The maximum atomic E-state index is 12.6. The van der Waals surface area contributed by atoms with Crippen LogP contribution in [-0.2, 0) is 6.18 Å². The van der Waals surface area contributed by atoms with Crippen molar-refractivity contribution in [2.45, 2.75) is 51.1 Å². The molecule has 1 saturated heterocycles. The van der Waals surface area contributed by atoms with Crippen molar-refractivity contribution in [3.8, 4) is 5.75 Å². The first-order valence-corrected chi connectivity index (χ1v) is 12.2. The lowest BCUT2D eigenvalue weighted by molar-refractivity contribution is -0.137. The largest absolute Gasteiger partial charge is 0.416 e. The Bertz CT molecular complexity index is 725. The van der Waals surface area contributed by atoms with Crippen LogP contribution in [-0.4, -0.2) is 74.2 Å². The Morgan fingerprint density at radius 3 is 2.15 bits per heavy atom. The molecule has 186 valence electrons. The van der Waals surface area contributed by atoms with Gasteiger partial charge in [-0.2, -0.15) is 13.2 Å². The molecule has 3 rings (SSSR count). The smallest absolute Gasteiger partial charge is 0.410 e. The summed E-state index contributed by atoms with van der Waals surface area (Å²) in [7, 11) is 3.87. The van der Waals surface area contributed by atoms with E-state index in [0.29, 0.717) is 12.5 Å². The van der Waals surface area contributed by atoms with E-state index in [1.54, 1.807) is 7.05 Å². The van der Waals surface area contributed by atoms with E-state index in [1.807, 2.05) is 0 Å². The number of piperazine rings is 1. The van der Waals surface area contributed by atoms with E-state index < -0.39 is 17.8 Å². The summed E-state index contributed by atoms with van der Waals surface area (Å²) >= 11 is 0. The van der Waals surface area contributed by atoms with Crippen LogP contribution in [0.2, 0.25) is 0 Å². The number of alkyl halides is 3. The summed E-state index contributed by atoms with van der Waals surface area (Å²) in [6.07, 6.45) is 3.57. The molecule has 1 saturated carbocycles. The van der Waals surface area contributed by atoms with Crippen LogP contribution in [0.5, 0.6) is 5.75 Å². The monoisotopic (exact) mass is 469 g/mol. The summed E-state index contributed by atoms with van der Waals surface area (Å²) in [4.78, 5) is 18.8. The summed E-state index contributed by atoms with van der Waals surface area (Å²) < 4.78 is 43.1. The molecule has 0 unspecified atom stereocenters. The van der Waals surface area contributed by atoms with E-state index in [0.717, 1.165) is 24.5 Å². The molecule has 0 atom stereocenters. The molecule has 8 heteroatoms. The fourth-order valence-corrected chi connectivity index (χ4v) is 4.84. The van der Waals surface area contributed by atoms with Gasteiger partial charge in [0.25, 0.3) is 0 Å². The number of nitrogens with zero attached hydrogens (tertiary/aromatic N) is 3. The highest BCUT2D eigenvalue weighted by Gasteiger charge is 2.30. The molecule has 2 aliphatic rings. The zero-order chi connectivity index (χ0) is 23.8. The predicted molar refractivity (Wildman–Crippen MR) is 123 cm³/mol. The summed E-state index contributed by atoms with van der Waals surface area (Å²) in [6, 6.07) is 4.21. The van der Waals surface area contributed by atoms with E-state index in [4.69, 9.17) is 4.74 Å². The average Bonchev–Trinajstić information content (AvgIpc) is 2.79. The number of carbonyl (C=O) groups is 1. The van der Waals surface area contributed by atoms with Gasteiger partial charge >= 0.3 is 12.3 Å². The van der Waals surface area contributed by atoms with Gasteiger partial charge in [-0.05, 0) is 69.0 Å². The standard InChI is InChI=1S/C25H38F3N3O2/c1-29-16-18-31(19-17-29)14-3-4-20-5-7-21(8-6-20)13-15-30(2)24(32)33-23-11-9-22(10-12-23)25(26,27)28/h9-12,20-21H,3-8,13-19H2,1-2H3/t20-,21-. The first kappa shape index (κ1) is 25.8. The van der Waals surface area contributed by atoms with Gasteiger partial charge in [0.15, 0.2) is 0 Å². The van der Waals surface area contributed by atoms with Gasteiger partial charge in [-0.15, -0.1) is 0 Å². The molecular weight excluding hydrogens is 431 g/mol. The molecule has 0 aromatic heterocycles. The average molecular weight is 470 g/mol. The molecule has 1 aromatic carbocycles. The van der Waals surface area contributed by atoms with Gasteiger partial charge in [0, 0.05) is 39.8 Å². The van der Waals surface area contributed by atoms with Crippen molar-refractivity contribution < 1.29 is 22.7 Å². The Labute approximate surface area is 195 Å². The molecule has 1 amide bonds. The number of hydrogen-bond donors (Lipinski definition) is 0. The first-order chi connectivity index (χ1) is 15.7. The lowest BCUT2D eigenvalue weighted by Gasteiger charge is -2.33. The zero-order valence-corrected chi connectivity index (χ0v) is 19.9. The Morgan fingerprint density at radius 2 is 1.58 bits per heavy atom. The van der Waals surface area contributed by atoms with Crippen LogP contribution in [0, 0.1) is 11.8 Å². The molecule has 0 N–H and O–H groups in total. The highest BCUT2D eigenvalue weighted by Crippen LogP contribution is 2.33. The Kier molecular flexibility index (Phi) is 9.44. The number of hydrogen-bond acceptors (Lipinski definition) is 4. The molecule has 33 heavy (non-hydrogen) atoms. The van der Waals surface area contributed by atoms with Gasteiger partial charge < -0.3 is 19.4 Å². The van der Waals surface area contributed by atoms with Gasteiger partial charge in [-0.1, -0.05) is 25.7 Å². The Hall–Kier alpha value is -1.80. The van der Waals surface area contributed by atoms with Crippen molar-refractivity contribution >= 4 is 6.09 Å². The number of benzene rings is 1. The number of likely N-dealkylation sites (N-methyl/N-ethyl adjacent to an activating group) is 1. The minimum atomic E-state index is -4.40. The van der Waals surface area contributed by atoms with Crippen molar-refractivity contribution in [2.75, 3.05) is 53.4 Å². The highest BCUT2D eigenvalue weighted by molar-refractivity contribution is 5.70. The molecular formula is C25H38F3N3O2. The van der Waals surface area contributed by atoms with Crippen molar-refractivity contribution in [2.24, 2.45) is 11.8 Å². The zero-order valence-electron chi connectivity index (χ0n) is 19.9. The molecule has 1 aliphatic carbocycles. The second-order valence-corrected chi connectivity index (χ2v) is 9.77. The molecule has 1 aromatic rings. The fourth-order valence-electron chi connectivity index (χ4n) is 4.84. The SMILES string of the molecule is CN1CCN(CCC[C@H]2CC[C@H](CCN(C)C(=O)Oc3ccc(C(F)(F)F)cc3)CC2)CC1. The summed E-state index contributed by atoms with van der Waals surface area (Å²) in [5.41, 5.74) is -0.759. The van der Waals surface area contributed by atoms with E-state index >= 15 is 0 Å². The minimum absolute atomic E-state index is 0.122. The third-order valence-corrected chi connectivity index (χ3v) is 7.22. The fraction of sp³-hybridized carbons (Fsp3) is 0.720. The third kappa shape index (κ3) is 8.49. The molecule has 0 radical (unpaired) electrons. The predicted octanol–water partition coefficient (Wildman–Crippen LogP) is 5.36. The molecule has 0 spiro atoms. The van der Waals surface area contributed by atoms with E-state index in [-0.39, 0.29) is 5.75 Å². The lowest BCUT2D eigenvalue weighted by atomic mass is 9.78.